The van der Waals surface area contributed by atoms with Crippen molar-refractivity contribution in [2.75, 3.05) is 24.5 Å². The van der Waals surface area contributed by atoms with Gasteiger partial charge >= 0.3 is 12.0 Å². The van der Waals surface area contributed by atoms with Gasteiger partial charge in [0.05, 0.1) is 22.0 Å². The molecule has 1 aromatic carbocycles. The molecule has 1 aliphatic carbocycles. The fraction of sp³-hybridized carbons (Fsp3) is 0.429. The van der Waals surface area contributed by atoms with E-state index in [0.29, 0.717) is 51.8 Å². The van der Waals surface area contributed by atoms with Crippen LogP contribution in [-0.4, -0.2) is 73.1 Å². The SMILES string of the molecule is Cc1nc(-c2cc(C(=O)OC(C)(C)C)on2)ncc1-c1ncc(C(C)N2CC3(CC(c4cccc(N5CCC(=O)NC5=O)c4Cl)C3)C2)cn1. The van der Waals surface area contributed by atoms with Crippen LogP contribution in [0.3, 0.4) is 0 Å². The second-order valence-corrected chi connectivity index (χ2v) is 14.6. The Hall–Kier alpha value is -4.75. The molecule has 1 N–H and O–H groups in total. The standard InChI is InChI=1S/C35H37ClN8O5/c1-19-24(16-39-31(40-19)25-11-27(49-42-25)32(46)48-34(3,4)5)30-37-14-22(15-38-30)20(2)43-17-35(18-43)12-21(13-35)23-7-6-8-26(29(23)36)44-10-9-28(45)41-33(44)47/h6-8,11,14-16,20-21H,9-10,12-13,17-18H2,1-5H3,(H,41,45,47). The molecule has 13 nitrogen and oxygen atoms in total. The molecule has 7 rings (SSSR count). The first-order chi connectivity index (χ1) is 23.3. The van der Waals surface area contributed by atoms with Crippen molar-refractivity contribution < 1.29 is 23.6 Å². The van der Waals surface area contributed by atoms with Crippen molar-refractivity contribution in [3.05, 3.63) is 70.5 Å². The summed E-state index contributed by atoms with van der Waals surface area (Å²) in [5, 5.41) is 6.91. The minimum absolute atomic E-state index is 0.0203. The first-order valence-electron chi connectivity index (χ1n) is 16.3. The molecule has 3 amide bonds. The monoisotopic (exact) mass is 684 g/mol. The van der Waals surface area contributed by atoms with Crippen LogP contribution in [0.1, 0.15) is 86.3 Å². The van der Waals surface area contributed by atoms with Crippen LogP contribution < -0.4 is 10.2 Å². The number of aromatic nitrogens is 5. The molecular formula is C35H37ClN8O5. The van der Waals surface area contributed by atoms with Gasteiger partial charge in [0.2, 0.25) is 11.7 Å². The summed E-state index contributed by atoms with van der Waals surface area (Å²) in [6.07, 6.45) is 7.68. The summed E-state index contributed by atoms with van der Waals surface area (Å²) in [4.78, 5) is 58.6. The zero-order valence-electron chi connectivity index (χ0n) is 28.0. The van der Waals surface area contributed by atoms with Crippen molar-refractivity contribution in [3.8, 4) is 22.9 Å². The second-order valence-electron chi connectivity index (χ2n) is 14.2. The maximum absolute atomic E-state index is 12.4. The number of hydrogen-bond acceptors (Lipinski definition) is 11. The molecule has 2 saturated heterocycles. The zero-order valence-corrected chi connectivity index (χ0v) is 28.7. The average Bonchev–Trinajstić information content (AvgIpc) is 3.51. The Kier molecular flexibility index (Phi) is 8.22. The molecule has 2 aliphatic heterocycles. The van der Waals surface area contributed by atoms with Crippen molar-refractivity contribution in [2.45, 2.75) is 71.4 Å². The highest BCUT2D eigenvalue weighted by Gasteiger charge is 2.54. The molecule has 1 saturated carbocycles. The van der Waals surface area contributed by atoms with Gasteiger partial charge in [0, 0.05) is 62.3 Å². The van der Waals surface area contributed by atoms with E-state index in [9.17, 15) is 14.4 Å². The highest BCUT2D eigenvalue weighted by atomic mass is 35.5. The number of esters is 1. The van der Waals surface area contributed by atoms with E-state index in [0.717, 1.165) is 37.1 Å². The van der Waals surface area contributed by atoms with Crippen molar-refractivity contribution >= 4 is 35.2 Å². The van der Waals surface area contributed by atoms with Gasteiger partial charge in [0.15, 0.2) is 17.3 Å². The highest BCUT2D eigenvalue weighted by molar-refractivity contribution is 6.34. The molecule has 4 aromatic rings. The number of hydrogen-bond donors (Lipinski definition) is 1. The lowest BCUT2D eigenvalue weighted by Gasteiger charge is -2.61. The lowest BCUT2D eigenvalue weighted by atomic mass is 9.56. The van der Waals surface area contributed by atoms with Crippen molar-refractivity contribution in [1.29, 1.82) is 0 Å². The molecular weight excluding hydrogens is 648 g/mol. The smallest absolute Gasteiger partial charge is 0.377 e. The predicted molar refractivity (Wildman–Crippen MR) is 180 cm³/mol. The van der Waals surface area contributed by atoms with Crippen molar-refractivity contribution in [3.63, 3.8) is 0 Å². The third-order valence-electron chi connectivity index (χ3n) is 9.49. The van der Waals surface area contributed by atoms with Crippen molar-refractivity contribution in [1.82, 2.24) is 35.3 Å². The number of nitrogens with zero attached hydrogens (tertiary/aromatic N) is 7. The molecule has 49 heavy (non-hydrogen) atoms. The lowest BCUT2D eigenvalue weighted by molar-refractivity contribution is -0.120. The van der Waals surface area contributed by atoms with Crippen molar-refractivity contribution in [2.24, 2.45) is 5.41 Å². The average molecular weight is 685 g/mol. The number of ether oxygens (including phenoxy) is 1. The molecule has 14 heteroatoms. The minimum atomic E-state index is -0.658. The summed E-state index contributed by atoms with van der Waals surface area (Å²) in [7, 11) is 0. The molecule has 1 atom stereocenters. The largest absolute Gasteiger partial charge is 0.454 e. The fourth-order valence-corrected chi connectivity index (χ4v) is 7.31. The second kappa shape index (κ2) is 12.3. The van der Waals surface area contributed by atoms with Gasteiger partial charge in [0.1, 0.15) is 5.60 Å². The number of carbonyl (C=O) groups excluding carboxylic acids is 3. The molecule has 5 heterocycles. The van der Waals surface area contributed by atoms with Gasteiger partial charge in [-0.15, -0.1) is 0 Å². The number of halogens is 1. The summed E-state index contributed by atoms with van der Waals surface area (Å²) in [6, 6.07) is 7.01. The maximum Gasteiger partial charge on any atom is 0.377 e. The normalized spacial score (nSPS) is 18.5. The van der Waals surface area contributed by atoms with E-state index in [4.69, 9.17) is 20.9 Å². The topological polar surface area (TPSA) is 157 Å². The number of rotatable bonds is 7. The highest BCUT2D eigenvalue weighted by Crippen LogP contribution is 2.58. The molecule has 3 fully saturated rings. The van der Waals surface area contributed by atoms with Gasteiger partial charge in [-0.2, -0.15) is 0 Å². The number of anilines is 1. The minimum Gasteiger partial charge on any atom is -0.454 e. The van der Waals surface area contributed by atoms with E-state index in [2.05, 4.69) is 42.2 Å². The number of urea groups is 1. The van der Waals surface area contributed by atoms with E-state index in [-0.39, 0.29) is 29.5 Å². The Morgan fingerprint density at radius 1 is 1.10 bits per heavy atom. The lowest BCUT2D eigenvalue weighted by Crippen LogP contribution is -2.62. The molecule has 0 bridgehead atoms. The Morgan fingerprint density at radius 3 is 2.49 bits per heavy atom. The summed E-state index contributed by atoms with van der Waals surface area (Å²) in [6.45, 7) is 11.6. The van der Waals surface area contributed by atoms with E-state index < -0.39 is 17.6 Å². The first-order valence-corrected chi connectivity index (χ1v) is 16.7. The Balaban J connectivity index is 0.953. The van der Waals surface area contributed by atoms with Gasteiger partial charge < -0.3 is 9.26 Å². The van der Waals surface area contributed by atoms with Gasteiger partial charge in [-0.05, 0) is 70.4 Å². The van der Waals surface area contributed by atoms with E-state index in [1.807, 2.05) is 37.5 Å². The van der Waals surface area contributed by atoms with Crippen LogP contribution in [0.5, 0.6) is 0 Å². The number of nitrogens with one attached hydrogen (secondary N) is 1. The van der Waals surface area contributed by atoms with Crippen LogP contribution in [0.25, 0.3) is 22.9 Å². The quantitative estimate of drug-likeness (QED) is 0.231. The number of likely N-dealkylation sites (tertiary alicyclic amines) is 1. The third kappa shape index (κ3) is 6.40. The molecule has 1 spiro atoms. The summed E-state index contributed by atoms with van der Waals surface area (Å²) in [5.74, 6) is 0.272. The third-order valence-corrected chi connectivity index (χ3v) is 9.90. The van der Waals surface area contributed by atoms with Gasteiger partial charge in [-0.3, -0.25) is 19.9 Å². The van der Waals surface area contributed by atoms with Gasteiger partial charge in [-0.1, -0.05) is 28.9 Å². The number of benzene rings is 1. The number of amides is 3. The van der Waals surface area contributed by atoms with Crippen LogP contribution in [0.2, 0.25) is 5.02 Å². The number of carbonyl (C=O) groups is 3. The first kappa shape index (κ1) is 32.8. The zero-order chi connectivity index (χ0) is 34.7. The number of aryl methyl sites for hydroxylation is 1. The number of imide groups is 1. The van der Waals surface area contributed by atoms with Gasteiger partial charge in [0.25, 0.3) is 0 Å². The Bertz CT molecular complexity index is 1940. The van der Waals surface area contributed by atoms with E-state index >= 15 is 0 Å². The van der Waals surface area contributed by atoms with E-state index in [1.165, 1.54) is 6.07 Å². The van der Waals surface area contributed by atoms with Crippen LogP contribution in [0.15, 0.2) is 47.4 Å². The van der Waals surface area contributed by atoms with Crippen LogP contribution in [-0.2, 0) is 9.53 Å². The Labute approximate surface area is 288 Å². The van der Waals surface area contributed by atoms with Crippen LogP contribution in [0.4, 0.5) is 10.5 Å². The fourth-order valence-electron chi connectivity index (χ4n) is 6.93. The van der Waals surface area contributed by atoms with E-state index in [1.54, 1.807) is 31.9 Å². The Morgan fingerprint density at radius 2 is 1.82 bits per heavy atom. The van der Waals surface area contributed by atoms with Crippen LogP contribution in [0, 0.1) is 12.3 Å². The maximum atomic E-state index is 12.4. The molecule has 1 unspecified atom stereocenters. The van der Waals surface area contributed by atoms with Crippen LogP contribution >= 0.6 is 11.6 Å². The summed E-state index contributed by atoms with van der Waals surface area (Å²) < 4.78 is 10.5. The molecule has 3 aliphatic rings. The molecule has 3 aromatic heterocycles. The molecule has 0 radical (unpaired) electrons. The predicted octanol–water partition coefficient (Wildman–Crippen LogP) is 5.89. The summed E-state index contributed by atoms with van der Waals surface area (Å²) in [5.41, 5.74) is 4.01. The molecule has 254 valence electrons. The summed E-state index contributed by atoms with van der Waals surface area (Å²) >= 11 is 6.84. The van der Waals surface area contributed by atoms with Gasteiger partial charge in [-0.25, -0.2) is 29.5 Å².